The molecular weight excluding hydrogens is 259 g/mol. The topological polar surface area (TPSA) is 63.8 Å². The molecule has 0 bridgehead atoms. The third kappa shape index (κ3) is 2.99. The molecule has 0 atom stereocenters. The molecule has 0 radical (unpaired) electrons. The summed E-state index contributed by atoms with van der Waals surface area (Å²) < 4.78 is 0. The molecule has 17 heavy (non-hydrogen) atoms. The second kappa shape index (κ2) is 4.77. The minimum atomic E-state index is 0.407. The Balaban J connectivity index is 2.31. The van der Waals surface area contributed by atoms with Crippen LogP contribution in [-0.2, 0) is 0 Å². The number of nitrogens with one attached hydrogen (secondary N) is 1. The molecule has 0 aliphatic carbocycles. The number of anilines is 3. The van der Waals surface area contributed by atoms with Gasteiger partial charge in [0.15, 0.2) is 0 Å². The van der Waals surface area contributed by atoms with Gasteiger partial charge in [-0.05, 0) is 25.1 Å². The molecule has 0 saturated carbocycles. The van der Waals surface area contributed by atoms with E-state index in [0.717, 1.165) is 0 Å². The van der Waals surface area contributed by atoms with E-state index in [0.29, 0.717) is 33.2 Å². The van der Waals surface area contributed by atoms with Crippen molar-refractivity contribution in [2.24, 2.45) is 0 Å². The van der Waals surface area contributed by atoms with Crippen LogP contribution in [0.4, 0.5) is 17.3 Å². The Morgan fingerprint density at radius 1 is 1.18 bits per heavy atom. The van der Waals surface area contributed by atoms with Crippen molar-refractivity contribution in [3.63, 3.8) is 0 Å². The average Bonchev–Trinajstić information content (AvgIpc) is 2.21. The van der Waals surface area contributed by atoms with Crippen LogP contribution >= 0.6 is 23.2 Å². The molecule has 0 spiro atoms. The number of benzene rings is 1. The average molecular weight is 269 g/mol. The second-order valence-corrected chi connectivity index (χ2v) is 4.32. The molecule has 0 amide bonds. The Kier molecular flexibility index (Phi) is 3.36. The summed E-state index contributed by atoms with van der Waals surface area (Å²) in [4.78, 5) is 8.18. The quantitative estimate of drug-likeness (QED) is 0.876. The molecule has 88 valence electrons. The predicted molar refractivity (Wildman–Crippen MR) is 70.9 cm³/mol. The third-order valence-electron chi connectivity index (χ3n) is 2.05. The monoisotopic (exact) mass is 268 g/mol. The van der Waals surface area contributed by atoms with Crippen molar-refractivity contribution in [2.45, 2.75) is 6.92 Å². The fourth-order valence-electron chi connectivity index (χ4n) is 1.38. The van der Waals surface area contributed by atoms with Gasteiger partial charge in [-0.25, -0.2) is 9.97 Å². The lowest BCUT2D eigenvalue weighted by Gasteiger charge is -2.08. The summed E-state index contributed by atoms with van der Waals surface area (Å²) in [5.74, 6) is 1.60. The van der Waals surface area contributed by atoms with Crippen LogP contribution in [0.5, 0.6) is 0 Å². The molecule has 1 aromatic heterocycles. The van der Waals surface area contributed by atoms with Crippen LogP contribution in [0.3, 0.4) is 0 Å². The van der Waals surface area contributed by atoms with Crippen LogP contribution < -0.4 is 11.1 Å². The van der Waals surface area contributed by atoms with E-state index in [1.54, 1.807) is 31.2 Å². The van der Waals surface area contributed by atoms with Crippen molar-refractivity contribution in [2.75, 3.05) is 11.1 Å². The summed E-state index contributed by atoms with van der Waals surface area (Å²) >= 11 is 11.8. The predicted octanol–water partition coefficient (Wildman–Crippen LogP) is 3.42. The minimum absolute atomic E-state index is 0.407. The zero-order valence-corrected chi connectivity index (χ0v) is 10.5. The number of halogens is 2. The Hall–Kier alpha value is -1.52. The minimum Gasteiger partial charge on any atom is -0.384 e. The highest BCUT2D eigenvalue weighted by molar-refractivity contribution is 6.36. The first-order valence-corrected chi connectivity index (χ1v) is 5.63. The zero-order chi connectivity index (χ0) is 12.4. The molecule has 2 aromatic rings. The van der Waals surface area contributed by atoms with Crippen LogP contribution in [0, 0.1) is 6.92 Å². The van der Waals surface area contributed by atoms with Gasteiger partial charge >= 0.3 is 0 Å². The Morgan fingerprint density at radius 3 is 2.59 bits per heavy atom. The molecular formula is C11H10Cl2N4. The molecule has 2 rings (SSSR count). The summed E-state index contributed by atoms with van der Waals surface area (Å²) in [6.07, 6.45) is 0. The van der Waals surface area contributed by atoms with Gasteiger partial charge < -0.3 is 11.1 Å². The molecule has 0 unspecified atom stereocenters. The van der Waals surface area contributed by atoms with Crippen LogP contribution in [0.25, 0.3) is 0 Å². The number of aromatic nitrogens is 2. The first-order chi connectivity index (χ1) is 8.04. The van der Waals surface area contributed by atoms with Gasteiger partial charge in [-0.3, -0.25) is 0 Å². The summed E-state index contributed by atoms with van der Waals surface area (Å²) in [7, 11) is 0. The maximum atomic E-state index is 6.04. The van der Waals surface area contributed by atoms with E-state index in [1.165, 1.54) is 0 Å². The van der Waals surface area contributed by atoms with Crippen molar-refractivity contribution >= 4 is 40.5 Å². The standard InChI is InChI=1S/C11H10Cl2N4/c1-6-15-10(14)5-11(16-6)17-9-3-2-7(12)4-8(9)13/h2-5H,1H3,(H3,14,15,16,17). The van der Waals surface area contributed by atoms with Crippen LogP contribution in [0.15, 0.2) is 24.3 Å². The lowest BCUT2D eigenvalue weighted by Crippen LogP contribution is -2.00. The van der Waals surface area contributed by atoms with Gasteiger partial charge in [-0.15, -0.1) is 0 Å². The van der Waals surface area contributed by atoms with E-state index < -0.39 is 0 Å². The van der Waals surface area contributed by atoms with Crippen molar-refractivity contribution < 1.29 is 0 Å². The van der Waals surface area contributed by atoms with E-state index in [1.807, 2.05) is 0 Å². The summed E-state index contributed by atoms with van der Waals surface area (Å²) in [5.41, 5.74) is 6.35. The lowest BCUT2D eigenvalue weighted by molar-refractivity contribution is 1.06. The van der Waals surface area contributed by atoms with Crippen LogP contribution in [-0.4, -0.2) is 9.97 Å². The summed E-state index contributed by atoms with van der Waals surface area (Å²) in [5, 5.41) is 4.16. The fraction of sp³-hybridized carbons (Fsp3) is 0.0909. The largest absolute Gasteiger partial charge is 0.384 e. The van der Waals surface area contributed by atoms with E-state index >= 15 is 0 Å². The van der Waals surface area contributed by atoms with Crippen molar-refractivity contribution in [3.8, 4) is 0 Å². The van der Waals surface area contributed by atoms with Gasteiger partial charge in [-0.1, -0.05) is 23.2 Å². The van der Waals surface area contributed by atoms with E-state index in [-0.39, 0.29) is 0 Å². The molecule has 0 aliphatic rings. The van der Waals surface area contributed by atoms with Crippen molar-refractivity contribution in [1.82, 2.24) is 9.97 Å². The molecule has 3 N–H and O–H groups in total. The maximum Gasteiger partial charge on any atom is 0.136 e. The van der Waals surface area contributed by atoms with Gasteiger partial charge in [-0.2, -0.15) is 0 Å². The zero-order valence-electron chi connectivity index (χ0n) is 9.04. The van der Waals surface area contributed by atoms with Gasteiger partial charge in [0.05, 0.1) is 10.7 Å². The van der Waals surface area contributed by atoms with Crippen molar-refractivity contribution in [3.05, 3.63) is 40.1 Å². The second-order valence-electron chi connectivity index (χ2n) is 3.47. The third-order valence-corrected chi connectivity index (χ3v) is 2.60. The molecule has 1 aromatic carbocycles. The summed E-state index contributed by atoms with van der Waals surface area (Å²) in [6.45, 7) is 1.77. The number of hydrogen-bond acceptors (Lipinski definition) is 4. The number of rotatable bonds is 2. The highest BCUT2D eigenvalue weighted by atomic mass is 35.5. The number of hydrogen-bond donors (Lipinski definition) is 2. The van der Waals surface area contributed by atoms with Gasteiger partial charge in [0.1, 0.15) is 17.5 Å². The number of nitrogen functional groups attached to an aromatic ring is 1. The van der Waals surface area contributed by atoms with E-state index in [9.17, 15) is 0 Å². The maximum absolute atomic E-state index is 6.04. The number of nitrogens with two attached hydrogens (primary N) is 1. The Morgan fingerprint density at radius 2 is 1.94 bits per heavy atom. The molecule has 6 heteroatoms. The first kappa shape index (κ1) is 12.0. The summed E-state index contributed by atoms with van der Waals surface area (Å²) in [6, 6.07) is 6.81. The molecule has 4 nitrogen and oxygen atoms in total. The number of nitrogens with zero attached hydrogens (tertiary/aromatic N) is 2. The molecule has 1 heterocycles. The SMILES string of the molecule is Cc1nc(N)cc(Nc2ccc(Cl)cc2Cl)n1. The smallest absolute Gasteiger partial charge is 0.136 e. The van der Waals surface area contributed by atoms with E-state index in [2.05, 4.69) is 15.3 Å². The highest BCUT2D eigenvalue weighted by Crippen LogP contribution is 2.27. The Labute approximate surface area is 109 Å². The molecule has 0 fully saturated rings. The lowest BCUT2D eigenvalue weighted by atomic mass is 10.3. The first-order valence-electron chi connectivity index (χ1n) is 4.88. The molecule has 0 aliphatic heterocycles. The molecule has 0 saturated heterocycles. The van der Waals surface area contributed by atoms with Crippen molar-refractivity contribution in [1.29, 1.82) is 0 Å². The van der Waals surface area contributed by atoms with Crippen LogP contribution in [0.2, 0.25) is 10.0 Å². The van der Waals surface area contributed by atoms with E-state index in [4.69, 9.17) is 28.9 Å². The number of aryl methyl sites for hydroxylation is 1. The van der Waals surface area contributed by atoms with Gasteiger partial charge in [0, 0.05) is 11.1 Å². The highest BCUT2D eigenvalue weighted by Gasteiger charge is 2.04. The fourth-order valence-corrected chi connectivity index (χ4v) is 1.84. The normalized spacial score (nSPS) is 10.3. The van der Waals surface area contributed by atoms with Crippen LogP contribution in [0.1, 0.15) is 5.82 Å². The van der Waals surface area contributed by atoms with Gasteiger partial charge in [0.25, 0.3) is 0 Å². The Bertz CT molecular complexity index is 537. The van der Waals surface area contributed by atoms with Gasteiger partial charge in [0.2, 0.25) is 0 Å².